The second-order valence-electron chi connectivity index (χ2n) is 6.62. The number of benzene rings is 2. The number of nitrogens with zero attached hydrogens (tertiary/aromatic N) is 2. The van der Waals surface area contributed by atoms with Gasteiger partial charge in [0.25, 0.3) is 5.91 Å². The van der Waals surface area contributed by atoms with Crippen molar-refractivity contribution in [2.75, 3.05) is 12.4 Å². The molecule has 1 aromatic heterocycles. The quantitative estimate of drug-likeness (QED) is 0.750. The van der Waals surface area contributed by atoms with Crippen LogP contribution in [0.2, 0.25) is 0 Å². The first-order valence-corrected chi connectivity index (χ1v) is 9.58. The molecule has 0 radical (unpaired) electrons. The molecule has 0 saturated heterocycles. The number of aromatic nitrogens is 1. The van der Waals surface area contributed by atoms with Crippen molar-refractivity contribution in [3.8, 4) is 0 Å². The lowest BCUT2D eigenvalue weighted by molar-refractivity contribution is -0.119. The van der Waals surface area contributed by atoms with Gasteiger partial charge in [-0.3, -0.25) is 9.59 Å². The summed E-state index contributed by atoms with van der Waals surface area (Å²) in [5.74, 6) is -0.755. The lowest BCUT2D eigenvalue weighted by Crippen LogP contribution is -2.44. The first kappa shape index (κ1) is 17.4. The number of aryl methyl sites for hydroxylation is 1. The number of hydrogen-bond donors (Lipinski definition) is 1. The Bertz CT molecular complexity index is 999. The molecule has 2 amide bonds. The predicted octanol–water partition coefficient (Wildman–Crippen LogP) is 4.00. The fourth-order valence-corrected chi connectivity index (χ4v) is 4.31. The molecule has 0 bridgehead atoms. The van der Waals surface area contributed by atoms with E-state index in [0.717, 1.165) is 16.8 Å². The largest absolute Gasteiger partial charge is 0.334 e. The Kier molecular flexibility index (Phi) is 4.49. The number of nitrogens with one attached hydrogen (secondary N) is 1. The fraction of sp³-hybridized carbons (Fsp3) is 0.190. The third-order valence-electron chi connectivity index (χ3n) is 4.85. The van der Waals surface area contributed by atoms with Gasteiger partial charge in [-0.05, 0) is 24.1 Å². The van der Waals surface area contributed by atoms with Crippen LogP contribution in [0.1, 0.15) is 39.1 Å². The Hall–Kier alpha value is -2.99. The molecule has 1 aliphatic rings. The number of fused-ring (bicyclic) bond motifs is 1. The molecule has 0 fully saturated rings. The summed E-state index contributed by atoms with van der Waals surface area (Å²) in [5, 5.41) is 5.41. The Labute approximate surface area is 161 Å². The highest BCUT2D eigenvalue weighted by Gasteiger charge is 2.42. The standard InChI is InChI=1S/C21H19N3O2S/c1-13-12-27-21(22-13)23-19(25)17-15-10-6-7-11-16(15)20(26)24(2)18(17)14-8-4-3-5-9-14/h3-12,17-18H,1-2H3,(H,22,23,25)/t17-,18-/m0/s1. The molecule has 2 aromatic carbocycles. The maximum absolute atomic E-state index is 13.3. The number of carbonyl (C=O) groups excluding carboxylic acids is 2. The molecule has 27 heavy (non-hydrogen) atoms. The number of hydrogen-bond acceptors (Lipinski definition) is 4. The van der Waals surface area contributed by atoms with Crippen molar-refractivity contribution >= 4 is 28.3 Å². The summed E-state index contributed by atoms with van der Waals surface area (Å²) < 4.78 is 0. The van der Waals surface area contributed by atoms with E-state index in [1.807, 2.05) is 60.8 Å². The zero-order valence-corrected chi connectivity index (χ0v) is 15.9. The van der Waals surface area contributed by atoms with E-state index >= 15 is 0 Å². The minimum atomic E-state index is -0.518. The van der Waals surface area contributed by atoms with Gasteiger partial charge in [0.1, 0.15) is 0 Å². The topological polar surface area (TPSA) is 62.3 Å². The Balaban J connectivity index is 1.81. The third kappa shape index (κ3) is 3.13. The fourth-order valence-electron chi connectivity index (χ4n) is 3.62. The molecule has 0 spiro atoms. The van der Waals surface area contributed by atoms with E-state index in [4.69, 9.17) is 0 Å². The van der Waals surface area contributed by atoms with Gasteiger partial charge in [-0.1, -0.05) is 48.5 Å². The van der Waals surface area contributed by atoms with E-state index in [0.29, 0.717) is 10.7 Å². The highest BCUT2D eigenvalue weighted by Crippen LogP contribution is 2.42. The SMILES string of the molecule is Cc1csc(NC(=O)[C@H]2c3ccccc3C(=O)N(C)[C@H]2c2ccccc2)n1. The molecule has 0 unspecified atom stereocenters. The van der Waals surface area contributed by atoms with Crippen molar-refractivity contribution in [3.05, 3.63) is 82.4 Å². The van der Waals surface area contributed by atoms with Crippen LogP contribution in [0.4, 0.5) is 5.13 Å². The Morgan fingerprint density at radius 2 is 1.81 bits per heavy atom. The molecule has 6 heteroatoms. The zero-order valence-electron chi connectivity index (χ0n) is 15.0. The number of anilines is 1. The van der Waals surface area contributed by atoms with Crippen molar-refractivity contribution in [2.45, 2.75) is 18.9 Å². The van der Waals surface area contributed by atoms with Crippen LogP contribution >= 0.6 is 11.3 Å². The van der Waals surface area contributed by atoms with Gasteiger partial charge in [-0.15, -0.1) is 11.3 Å². The van der Waals surface area contributed by atoms with Crippen molar-refractivity contribution in [3.63, 3.8) is 0 Å². The van der Waals surface area contributed by atoms with E-state index in [1.165, 1.54) is 11.3 Å². The molecule has 3 aromatic rings. The predicted molar refractivity (Wildman–Crippen MR) is 106 cm³/mol. The smallest absolute Gasteiger partial charge is 0.254 e. The van der Waals surface area contributed by atoms with E-state index in [1.54, 1.807) is 18.0 Å². The first-order valence-electron chi connectivity index (χ1n) is 8.70. The van der Waals surface area contributed by atoms with Crippen molar-refractivity contribution in [2.24, 2.45) is 0 Å². The third-order valence-corrected chi connectivity index (χ3v) is 5.73. The van der Waals surface area contributed by atoms with Crippen LogP contribution in [-0.2, 0) is 4.79 Å². The van der Waals surface area contributed by atoms with E-state index in [9.17, 15) is 9.59 Å². The van der Waals surface area contributed by atoms with Gasteiger partial charge in [0.05, 0.1) is 17.7 Å². The number of amides is 2. The van der Waals surface area contributed by atoms with E-state index < -0.39 is 5.92 Å². The normalized spacial score (nSPS) is 18.9. The summed E-state index contributed by atoms with van der Waals surface area (Å²) in [6.07, 6.45) is 0. The number of rotatable bonds is 3. The zero-order chi connectivity index (χ0) is 19.0. The number of thiazole rings is 1. The van der Waals surface area contributed by atoms with Crippen LogP contribution < -0.4 is 5.32 Å². The molecule has 1 N–H and O–H groups in total. The van der Waals surface area contributed by atoms with Gasteiger partial charge in [0.2, 0.25) is 5.91 Å². The molecule has 0 saturated carbocycles. The van der Waals surface area contributed by atoms with Crippen LogP contribution in [0.5, 0.6) is 0 Å². The summed E-state index contributed by atoms with van der Waals surface area (Å²) in [6, 6.07) is 16.6. The van der Waals surface area contributed by atoms with Crippen LogP contribution in [0.25, 0.3) is 0 Å². The molecule has 2 heterocycles. The molecule has 2 atom stereocenters. The summed E-state index contributed by atoms with van der Waals surface area (Å²) in [6.45, 7) is 1.89. The maximum atomic E-state index is 13.3. The average molecular weight is 377 g/mol. The monoisotopic (exact) mass is 377 g/mol. The molecule has 1 aliphatic heterocycles. The van der Waals surface area contributed by atoms with Gasteiger partial charge in [-0.25, -0.2) is 4.98 Å². The van der Waals surface area contributed by atoms with Gasteiger partial charge in [-0.2, -0.15) is 0 Å². The summed E-state index contributed by atoms with van der Waals surface area (Å²) in [7, 11) is 1.75. The van der Waals surface area contributed by atoms with Crippen LogP contribution in [-0.4, -0.2) is 28.7 Å². The Morgan fingerprint density at radius 3 is 2.52 bits per heavy atom. The van der Waals surface area contributed by atoms with E-state index in [-0.39, 0.29) is 17.9 Å². The molecule has 0 aliphatic carbocycles. The van der Waals surface area contributed by atoms with Crippen LogP contribution in [0.3, 0.4) is 0 Å². The summed E-state index contributed by atoms with van der Waals surface area (Å²) in [5.41, 5.74) is 3.12. The van der Waals surface area contributed by atoms with Crippen molar-refractivity contribution in [1.29, 1.82) is 0 Å². The van der Waals surface area contributed by atoms with Crippen molar-refractivity contribution < 1.29 is 9.59 Å². The van der Waals surface area contributed by atoms with Gasteiger partial charge in [0, 0.05) is 18.0 Å². The highest BCUT2D eigenvalue weighted by molar-refractivity contribution is 7.13. The molecule has 136 valence electrons. The van der Waals surface area contributed by atoms with E-state index in [2.05, 4.69) is 10.3 Å². The molecule has 4 rings (SSSR count). The van der Waals surface area contributed by atoms with Crippen LogP contribution in [0, 0.1) is 6.92 Å². The summed E-state index contributed by atoms with van der Waals surface area (Å²) >= 11 is 1.40. The molecular formula is C21H19N3O2S. The Morgan fingerprint density at radius 1 is 1.11 bits per heavy atom. The molecular weight excluding hydrogens is 358 g/mol. The van der Waals surface area contributed by atoms with Gasteiger partial charge < -0.3 is 10.2 Å². The first-order chi connectivity index (χ1) is 13.1. The average Bonchev–Trinajstić information content (AvgIpc) is 3.09. The minimum Gasteiger partial charge on any atom is -0.334 e. The van der Waals surface area contributed by atoms with Crippen LogP contribution in [0.15, 0.2) is 60.0 Å². The number of likely N-dealkylation sites (N-methyl/N-ethyl adjacent to an activating group) is 1. The summed E-state index contributed by atoms with van der Waals surface area (Å²) in [4.78, 5) is 32.2. The molecule has 5 nitrogen and oxygen atoms in total. The highest BCUT2D eigenvalue weighted by atomic mass is 32.1. The lowest BCUT2D eigenvalue weighted by atomic mass is 9.79. The second-order valence-corrected chi connectivity index (χ2v) is 7.48. The van der Waals surface area contributed by atoms with Gasteiger partial charge >= 0.3 is 0 Å². The maximum Gasteiger partial charge on any atom is 0.254 e. The van der Waals surface area contributed by atoms with Crippen molar-refractivity contribution in [1.82, 2.24) is 9.88 Å². The van der Waals surface area contributed by atoms with Gasteiger partial charge in [0.15, 0.2) is 5.13 Å². The minimum absolute atomic E-state index is 0.0754. The second kappa shape index (κ2) is 6.96. The number of carbonyl (C=O) groups is 2. The lowest BCUT2D eigenvalue weighted by Gasteiger charge is -2.39.